The Morgan fingerprint density at radius 3 is 1.56 bits per heavy atom. The van der Waals surface area contributed by atoms with Gasteiger partial charge in [-0.25, -0.2) is 0 Å². The third kappa shape index (κ3) is 6.43. The van der Waals surface area contributed by atoms with Crippen LogP contribution in [0.3, 0.4) is 0 Å². The summed E-state index contributed by atoms with van der Waals surface area (Å²) in [6.07, 6.45) is 4.71. The third-order valence-corrected chi connectivity index (χ3v) is 17.3. The maximum atomic E-state index is 7.52. The van der Waals surface area contributed by atoms with E-state index >= 15 is 0 Å². The Balaban J connectivity index is 1.23. The van der Waals surface area contributed by atoms with E-state index in [2.05, 4.69) is 233 Å². The molecule has 0 spiro atoms. The highest BCUT2D eigenvalue weighted by Gasteiger charge is 2.58. The molecule has 0 bridgehead atoms. The summed E-state index contributed by atoms with van der Waals surface area (Å²) in [5.74, 6) is 0.852. The number of benzene rings is 6. The van der Waals surface area contributed by atoms with Gasteiger partial charge in [0.1, 0.15) is 11.2 Å². The van der Waals surface area contributed by atoms with Crippen molar-refractivity contribution >= 4 is 90.9 Å². The van der Waals surface area contributed by atoms with Crippen molar-refractivity contribution in [1.82, 2.24) is 0 Å². The summed E-state index contributed by atoms with van der Waals surface area (Å²) >= 11 is 0. The molecule has 0 radical (unpaired) electrons. The molecule has 0 saturated heterocycles. The quantitative estimate of drug-likeness (QED) is 0.165. The molecule has 8 aromatic rings. The average Bonchev–Trinajstić information content (AvgIpc) is 3.93. The SMILES string of the molecule is CC(C)(C)c1ccc(N2c3cc(N4c5ccccc5C5(C)CCCCC45C)cc4c3B(c3oc5cc(C(C)(C)C)ccc5c3N4c3ccc(C(C)(C)C)cc3)c3c2oc2cc(C(C)(C)C)ccc32)cc1. The maximum absolute atomic E-state index is 7.52. The van der Waals surface area contributed by atoms with Gasteiger partial charge < -0.3 is 18.6 Å². The van der Waals surface area contributed by atoms with E-state index in [1.54, 1.807) is 0 Å². The largest absolute Gasteiger partial charge is 0.468 e. The van der Waals surface area contributed by atoms with E-state index in [0.29, 0.717) is 0 Å². The summed E-state index contributed by atoms with van der Waals surface area (Å²) in [6.45, 7) is 32.3. The lowest BCUT2D eigenvalue weighted by molar-refractivity contribution is 0.195. The second kappa shape index (κ2) is 14.7. The number of fused-ring (bicyclic) bond motifs is 11. The molecular weight excluding hydrogens is 854 g/mol. The lowest BCUT2D eigenvalue weighted by atomic mass is 9.35. The molecule has 0 N–H and O–H groups in total. The Bertz CT molecular complexity index is 3420. The fourth-order valence-electron chi connectivity index (χ4n) is 12.9. The molecule has 1 aliphatic carbocycles. The Morgan fingerprint density at radius 2 is 0.971 bits per heavy atom. The normalized spacial score (nSPS) is 19.9. The first kappa shape index (κ1) is 45.0. The van der Waals surface area contributed by atoms with Crippen LogP contribution < -0.4 is 31.3 Å². The van der Waals surface area contributed by atoms with Gasteiger partial charge in [0.2, 0.25) is 5.88 Å². The van der Waals surface area contributed by atoms with Crippen LogP contribution in [0.5, 0.6) is 0 Å². The van der Waals surface area contributed by atoms with Gasteiger partial charge >= 0.3 is 6.71 Å². The van der Waals surface area contributed by atoms with Crippen LogP contribution in [-0.4, -0.2) is 12.3 Å². The summed E-state index contributed by atoms with van der Waals surface area (Å²) < 4.78 is 15.0. The molecule has 6 aromatic carbocycles. The first-order valence-corrected chi connectivity index (χ1v) is 26.0. The molecule has 5 heterocycles. The van der Waals surface area contributed by atoms with Crippen LogP contribution in [0.4, 0.5) is 45.7 Å². The number of nitrogens with zero attached hydrogens (tertiary/aromatic N) is 3. The van der Waals surface area contributed by atoms with Crippen LogP contribution in [0.25, 0.3) is 21.9 Å². The predicted octanol–water partition coefficient (Wildman–Crippen LogP) is 16.2. The second-order valence-corrected chi connectivity index (χ2v) is 25.8. The molecule has 3 aliphatic heterocycles. The van der Waals surface area contributed by atoms with Crippen molar-refractivity contribution < 1.29 is 8.83 Å². The van der Waals surface area contributed by atoms with E-state index in [1.807, 2.05) is 0 Å². The molecule has 2 aromatic heterocycles. The fraction of sp³-hybridized carbons (Fsp3) is 0.375. The Morgan fingerprint density at radius 1 is 0.471 bits per heavy atom. The highest BCUT2D eigenvalue weighted by Crippen LogP contribution is 2.62. The van der Waals surface area contributed by atoms with E-state index in [-0.39, 0.29) is 39.3 Å². The second-order valence-electron chi connectivity index (χ2n) is 25.8. The summed E-state index contributed by atoms with van der Waals surface area (Å²) in [5, 5.41) is 2.23. The van der Waals surface area contributed by atoms with Crippen LogP contribution in [0.15, 0.2) is 130 Å². The molecule has 5 nitrogen and oxygen atoms in total. The number of hydrogen-bond donors (Lipinski definition) is 0. The summed E-state index contributed by atoms with van der Waals surface area (Å²) in [5.41, 5.74) is 19.5. The third-order valence-electron chi connectivity index (χ3n) is 17.3. The van der Waals surface area contributed by atoms with E-state index in [0.717, 1.165) is 74.5 Å². The minimum atomic E-state index is -0.257. The van der Waals surface area contributed by atoms with Crippen LogP contribution in [0.2, 0.25) is 0 Å². The van der Waals surface area contributed by atoms with Crippen LogP contribution in [-0.2, 0) is 27.1 Å². The summed E-state index contributed by atoms with van der Waals surface area (Å²) in [7, 11) is 0. The molecule has 12 rings (SSSR count). The number of rotatable bonds is 3. The van der Waals surface area contributed by atoms with Gasteiger partial charge in [-0.05, 0) is 135 Å². The first-order valence-electron chi connectivity index (χ1n) is 26.0. The van der Waals surface area contributed by atoms with Gasteiger partial charge in [0, 0.05) is 55.8 Å². The average molecular weight is 924 g/mol. The summed E-state index contributed by atoms with van der Waals surface area (Å²) in [6, 6.07) is 46.8. The van der Waals surface area contributed by atoms with Crippen molar-refractivity contribution in [2.45, 2.75) is 155 Å². The van der Waals surface area contributed by atoms with Crippen molar-refractivity contribution in [2.75, 3.05) is 14.7 Å². The molecule has 2 unspecified atom stereocenters. The molecule has 356 valence electrons. The number of para-hydroxylation sites is 1. The topological polar surface area (TPSA) is 36.0 Å². The Hall–Kier alpha value is -6.14. The summed E-state index contributed by atoms with van der Waals surface area (Å²) in [4.78, 5) is 7.75. The van der Waals surface area contributed by atoms with Gasteiger partial charge in [-0.2, -0.15) is 0 Å². The molecule has 2 atom stereocenters. The zero-order valence-corrected chi connectivity index (χ0v) is 44.1. The van der Waals surface area contributed by atoms with E-state index in [9.17, 15) is 0 Å². The Labute approximate surface area is 417 Å². The lowest BCUT2D eigenvalue weighted by Gasteiger charge is -2.51. The van der Waals surface area contributed by atoms with Gasteiger partial charge in [0.15, 0.2) is 0 Å². The zero-order chi connectivity index (χ0) is 49.2. The van der Waals surface area contributed by atoms with Gasteiger partial charge in [-0.3, -0.25) is 4.90 Å². The molecule has 70 heavy (non-hydrogen) atoms. The predicted molar refractivity (Wildman–Crippen MR) is 298 cm³/mol. The van der Waals surface area contributed by atoms with Crippen molar-refractivity contribution in [3.63, 3.8) is 0 Å². The standard InChI is InChI=1S/C64H70BN3O2/c1-59(2,3)39-21-27-43(28-22-39)66-50-37-45(68-49-20-16-15-19-48(49)63(13)33-17-18-34-64(63,68)14)38-51-55(50)65(57-56(66)47-32-26-42(62(10,11)12)36-53(47)69-57)54-46-31-25-41(61(7,8)9)35-52(46)70-58(54)67(51)44-29-23-40(24-30-44)60(4,5)6/h15-16,19-32,35-38H,17-18,33-34H2,1-14H3. The minimum absolute atomic E-state index is 0.00132. The number of hydrogen-bond acceptors (Lipinski definition) is 5. The molecule has 0 amide bonds. The van der Waals surface area contributed by atoms with E-state index in [4.69, 9.17) is 8.83 Å². The fourth-order valence-corrected chi connectivity index (χ4v) is 12.9. The number of anilines is 8. The maximum Gasteiger partial charge on any atom is 0.302 e. The van der Waals surface area contributed by atoms with Crippen molar-refractivity contribution in [2.24, 2.45) is 0 Å². The zero-order valence-electron chi connectivity index (χ0n) is 44.1. The molecule has 4 aliphatic rings. The number of furan rings is 2. The smallest absolute Gasteiger partial charge is 0.302 e. The van der Waals surface area contributed by atoms with Crippen molar-refractivity contribution in [3.05, 3.63) is 149 Å². The van der Waals surface area contributed by atoms with Crippen LogP contribution in [0.1, 0.15) is 150 Å². The van der Waals surface area contributed by atoms with Gasteiger partial charge in [0.05, 0.1) is 16.9 Å². The van der Waals surface area contributed by atoms with Gasteiger partial charge in [-0.15, -0.1) is 0 Å². The van der Waals surface area contributed by atoms with Crippen LogP contribution in [0, 0.1) is 0 Å². The monoisotopic (exact) mass is 924 g/mol. The van der Waals surface area contributed by atoms with Crippen molar-refractivity contribution in [1.29, 1.82) is 0 Å². The molecular formula is C64H70BN3O2. The van der Waals surface area contributed by atoms with E-state index in [1.165, 1.54) is 63.2 Å². The van der Waals surface area contributed by atoms with Crippen LogP contribution >= 0.6 is 0 Å². The van der Waals surface area contributed by atoms with E-state index < -0.39 is 0 Å². The first-order chi connectivity index (χ1) is 33.0. The molecule has 1 saturated carbocycles. The van der Waals surface area contributed by atoms with Gasteiger partial charge in [0.25, 0.3) is 0 Å². The highest BCUT2D eigenvalue weighted by molar-refractivity contribution is 7.01. The lowest BCUT2D eigenvalue weighted by Crippen LogP contribution is -2.61. The van der Waals surface area contributed by atoms with Crippen molar-refractivity contribution in [3.8, 4) is 0 Å². The minimum Gasteiger partial charge on any atom is -0.468 e. The highest BCUT2D eigenvalue weighted by atomic mass is 16.4. The molecule has 1 fully saturated rings. The Kier molecular flexibility index (Phi) is 9.47. The van der Waals surface area contributed by atoms with Gasteiger partial charge in [-0.1, -0.05) is 164 Å². The molecule has 6 heteroatoms.